The second kappa shape index (κ2) is 47.4. The molecular formula is C59H100O12. The number of aliphatic hydroxyl groups is 2. The number of rotatable bonds is 47. The SMILES string of the molecule is CC/C=C\C/C=C\C/C=C\C/C=C\CCCCCCC(=O)OC1C(OCC(COC(=O)CCCCCCCCCCCCCCC)OC(=O)CCCCCCC/C=C\CCCC)OC(C(=O)O)C(O)C1O. The molecule has 408 valence electrons. The minimum atomic E-state index is -1.91. The fraction of sp³-hybridized carbons (Fsp3) is 0.763. The predicted molar refractivity (Wildman–Crippen MR) is 285 cm³/mol. The van der Waals surface area contributed by atoms with Gasteiger partial charge in [0.1, 0.15) is 18.8 Å². The average molecular weight is 1000 g/mol. The van der Waals surface area contributed by atoms with E-state index < -0.39 is 67.3 Å². The topological polar surface area (TPSA) is 175 Å². The number of unbranched alkanes of at least 4 members (excludes halogenated alkanes) is 23. The van der Waals surface area contributed by atoms with Gasteiger partial charge in [-0.3, -0.25) is 14.4 Å². The van der Waals surface area contributed by atoms with E-state index >= 15 is 0 Å². The van der Waals surface area contributed by atoms with Crippen LogP contribution < -0.4 is 0 Å². The molecule has 0 aliphatic carbocycles. The van der Waals surface area contributed by atoms with Gasteiger partial charge in [-0.1, -0.05) is 204 Å². The van der Waals surface area contributed by atoms with E-state index in [0.29, 0.717) is 19.3 Å². The van der Waals surface area contributed by atoms with E-state index in [2.05, 4.69) is 81.5 Å². The third-order valence-electron chi connectivity index (χ3n) is 12.6. The van der Waals surface area contributed by atoms with Gasteiger partial charge in [-0.15, -0.1) is 0 Å². The lowest BCUT2D eigenvalue weighted by Crippen LogP contribution is -2.61. The molecular weight excluding hydrogens is 901 g/mol. The molecule has 1 heterocycles. The Labute approximate surface area is 430 Å². The normalized spacial score (nSPS) is 18.9. The summed E-state index contributed by atoms with van der Waals surface area (Å²) in [6, 6.07) is 0. The molecule has 0 aromatic rings. The highest BCUT2D eigenvalue weighted by Gasteiger charge is 2.50. The van der Waals surface area contributed by atoms with E-state index in [9.17, 15) is 34.5 Å². The smallest absolute Gasteiger partial charge is 0.335 e. The molecule has 12 heteroatoms. The summed E-state index contributed by atoms with van der Waals surface area (Å²) in [6.45, 7) is 5.81. The first-order valence-electron chi connectivity index (χ1n) is 28.3. The molecule has 0 aromatic heterocycles. The highest BCUT2D eigenvalue weighted by Crippen LogP contribution is 2.26. The van der Waals surface area contributed by atoms with Gasteiger partial charge in [0, 0.05) is 19.3 Å². The van der Waals surface area contributed by atoms with Crippen LogP contribution in [0.25, 0.3) is 0 Å². The third-order valence-corrected chi connectivity index (χ3v) is 12.6. The van der Waals surface area contributed by atoms with Crippen molar-refractivity contribution >= 4 is 23.9 Å². The first-order valence-corrected chi connectivity index (χ1v) is 28.3. The van der Waals surface area contributed by atoms with Crippen molar-refractivity contribution in [3.63, 3.8) is 0 Å². The highest BCUT2D eigenvalue weighted by atomic mass is 16.7. The van der Waals surface area contributed by atoms with Gasteiger partial charge in [0.25, 0.3) is 0 Å². The number of ether oxygens (including phenoxy) is 5. The lowest BCUT2D eigenvalue weighted by molar-refractivity contribution is -0.301. The van der Waals surface area contributed by atoms with Gasteiger partial charge in [-0.2, -0.15) is 0 Å². The lowest BCUT2D eigenvalue weighted by Gasteiger charge is -2.40. The number of carboxylic acid groups (broad SMARTS) is 1. The van der Waals surface area contributed by atoms with Crippen LogP contribution in [0.1, 0.15) is 239 Å². The zero-order chi connectivity index (χ0) is 51.8. The maximum absolute atomic E-state index is 13.1. The quantitative estimate of drug-likeness (QED) is 0.0228. The summed E-state index contributed by atoms with van der Waals surface area (Å²) in [5.74, 6) is -3.16. The fourth-order valence-corrected chi connectivity index (χ4v) is 8.22. The van der Waals surface area contributed by atoms with Crippen molar-refractivity contribution in [2.75, 3.05) is 13.2 Å². The van der Waals surface area contributed by atoms with Crippen molar-refractivity contribution in [1.82, 2.24) is 0 Å². The third kappa shape index (κ3) is 37.8. The molecule has 0 radical (unpaired) electrons. The van der Waals surface area contributed by atoms with Gasteiger partial charge < -0.3 is 39.0 Å². The largest absolute Gasteiger partial charge is 0.479 e. The summed E-state index contributed by atoms with van der Waals surface area (Å²) in [5, 5.41) is 31.4. The van der Waals surface area contributed by atoms with E-state index in [1.807, 2.05) is 0 Å². The minimum Gasteiger partial charge on any atom is -0.479 e. The van der Waals surface area contributed by atoms with Gasteiger partial charge in [0.05, 0.1) is 6.61 Å². The molecule has 0 saturated carbocycles. The number of aliphatic carboxylic acids is 1. The molecule has 6 unspecified atom stereocenters. The van der Waals surface area contributed by atoms with Gasteiger partial charge >= 0.3 is 23.9 Å². The number of esters is 3. The van der Waals surface area contributed by atoms with Gasteiger partial charge in [-0.05, 0) is 77.0 Å². The Kier molecular flexibility index (Phi) is 43.7. The van der Waals surface area contributed by atoms with Crippen LogP contribution in [0.15, 0.2) is 60.8 Å². The average Bonchev–Trinajstić information content (AvgIpc) is 3.35. The summed E-state index contributed by atoms with van der Waals surface area (Å²) in [6.07, 6.45) is 44.8. The van der Waals surface area contributed by atoms with E-state index in [4.69, 9.17) is 23.7 Å². The molecule has 0 amide bonds. The van der Waals surface area contributed by atoms with Crippen LogP contribution in [-0.4, -0.2) is 89.2 Å². The Morgan fingerprint density at radius 1 is 0.479 bits per heavy atom. The molecule has 1 fully saturated rings. The molecule has 3 N–H and O–H groups in total. The fourth-order valence-electron chi connectivity index (χ4n) is 8.22. The molecule has 12 nitrogen and oxygen atoms in total. The Balaban J connectivity index is 2.71. The Morgan fingerprint density at radius 2 is 0.901 bits per heavy atom. The van der Waals surface area contributed by atoms with Crippen molar-refractivity contribution in [3.05, 3.63) is 60.8 Å². The minimum absolute atomic E-state index is 0.0317. The molecule has 0 spiro atoms. The number of hydrogen-bond donors (Lipinski definition) is 3. The maximum Gasteiger partial charge on any atom is 0.335 e. The number of hydrogen-bond acceptors (Lipinski definition) is 11. The molecule has 0 bridgehead atoms. The monoisotopic (exact) mass is 1000 g/mol. The first kappa shape index (κ1) is 65.4. The maximum atomic E-state index is 13.1. The summed E-state index contributed by atoms with van der Waals surface area (Å²) in [5.41, 5.74) is 0. The number of carbonyl (C=O) groups is 4. The Bertz CT molecular complexity index is 1470. The first-order chi connectivity index (χ1) is 34.6. The Hall–Kier alpha value is -3.58. The number of aliphatic hydroxyl groups excluding tert-OH is 2. The number of allylic oxidation sites excluding steroid dienone is 10. The molecule has 6 atom stereocenters. The van der Waals surface area contributed by atoms with Crippen LogP contribution in [0.3, 0.4) is 0 Å². The van der Waals surface area contributed by atoms with Crippen molar-refractivity contribution in [3.8, 4) is 0 Å². The van der Waals surface area contributed by atoms with Crippen molar-refractivity contribution in [2.24, 2.45) is 0 Å². The highest BCUT2D eigenvalue weighted by molar-refractivity contribution is 5.74. The lowest BCUT2D eigenvalue weighted by atomic mass is 9.98. The molecule has 1 aliphatic heterocycles. The van der Waals surface area contributed by atoms with E-state index in [1.54, 1.807) is 0 Å². The molecule has 1 saturated heterocycles. The molecule has 0 aromatic carbocycles. The van der Waals surface area contributed by atoms with Gasteiger partial charge in [0.15, 0.2) is 24.6 Å². The van der Waals surface area contributed by atoms with Gasteiger partial charge in [0.2, 0.25) is 0 Å². The summed E-state index contributed by atoms with van der Waals surface area (Å²) in [7, 11) is 0. The van der Waals surface area contributed by atoms with Crippen LogP contribution >= 0.6 is 0 Å². The van der Waals surface area contributed by atoms with Crippen LogP contribution in [-0.2, 0) is 42.9 Å². The summed E-state index contributed by atoms with van der Waals surface area (Å²) < 4.78 is 28.3. The molecule has 71 heavy (non-hydrogen) atoms. The predicted octanol–water partition coefficient (Wildman–Crippen LogP) is 14.0. The zero-order valence-corrected chi connectivity index (χ0v) is 44.7. The molecule has 1 rings (SSSR count). The second-order valence-corrected chi connectivity index (χ2v) is 19.2. The number of carboxylic acids is 1. The Morgan fingerprint density at radius 3 is 1.41 bits per heavy atom. The van der Waals surface area contributed by atoms with Crippen LogP contribution in [0.5, 0.6) is 0 Å². The van der Waals surface area contributed by atoms with Crippen molar-refractivity contribution in [1.29, 1.82) is 0 Å². The van der Waals surface area contributed by atoms with Crippen LogP contribution in [0.2, 0.25) is 0 Å². The van der Waals surface area contributed by atoms with Crippen molar-refractivity contribution < 1.29 is 58.2 Å². The van der Waals surface area contributed by atoms with E-state index in [1.165, 1.54) is 70.6 Å². The van der Waals surface area contributed by atoms with E-state index in [0.717, 1.165) is 109 Å². The van der Waals surface area contributed by atoms with E-state index in [-0.39, 0.29) is 25.9 Å². The zero-order valence-electron chi connectivity index (χ0n) is 44.7. The van der Waals surface area contributed by atoms with Crippen molar-refractivity contribution in [2.45, 2.75) is 276 Å². The molecule has 1 aliphatic rings. The second-order valence-electron chi connectivity index (χ2n) is 19.2. The summed E-state index contributed by atoms with van der Waals surface area (Å²) in [4.78, 5) is 50.9. The summed E-state index contributed by atoms with van der Waals surface area (Å²) >= 11 is 0. The van der Waals surface area contributed by atoms with Crippen LogP contribution in [0.4, 0.5) is 0 Å². The van der Waals surface area contributed by atoms with Crippen LogP contribution in [0, 0.1) is 0 Å². The number of carbonyl (C=O) groups excluding carboxylic acids is 3. The van der Waals surface area contributed by atoms with Gasteiger partial charge in [-0.25, -0.2) is 4.79 Å². The standard InChI is InChI=1S/C59H100O12/c1-4-7-10-13-16-19-22-24-25-26-27-29-32-35-38-41-44-47-53(62)70-57-55(64)54(63)56(58(65)66)71-59(57)68-49-50(69-52(61)46-43-40-37-34-30-21-18-15-12-9-6-3)48-67-51(60)45-42-39-36-33-31-28-23-20-17-14-11-8-5-2/h7,10,15-16,18-19,24-25,27,29,50,54-57,59,63-64H,4-6,8-9,11-14,17,20-23,26,28,30-49H2,1-3H3,(H,65,66)/b10-7-,18-15-,19-16-,25-24-,29-27-.